The average Bonchev–Trinajstić information content (AvgIpc) is 2.50. The molecule has 0 amide bonds. The van der Waals surface area contributed by atoms with E-state index >= 15 is 0 Å². The molecule has 0 aromatic heterocycles. The molecule has 0 radical (unpaired) electrons. The standard InChI is InChI=1S/C14H20N2/c1-9-4-12-10-5-11(8-16(3)7-10)13(12)6-14(9)15-2/h4,6,10-11,15H,5,7-8H2,1-3H3. The minimum Gasteiger partial charge on any atom is -0.388 e. The predicted octanol–water partition coefficient (Wildman–Crippen LogP) is 2.55. The van der Waals surface area contributed by atoms with Crippen LogP contribution >= 0.6 is 0 Å². The number of likely N-dealkylation sites (tertiary alicyclic amines) is 1. The molecule has 2 aliphatic rings. The van der Waals surface area contributed by atoms with Gasteiger partial charge in [0.2, 0.25) is 0 Å². The highest BCUT2D eigenvalue weighted by molar-refractivity contribution is 5.58. The number of benzene rings is 1. The first-order chi connectivity index (χ1) is 7.69. The molecule has 1 heterocycles. The molecule has 86 valence electrons. The first-order valence-electron chi connectivity index (χ1n) is 6.19. The maximum Gasteiger partial charge on any atom is 0.0370 e. The van der Waals surface area contributed by atoms with Crippen LogP contribution in [0.1, 0.15) is 34.9 Å². The number of fused-ring (bicyclic) bond motifs is 5. The van der Waals surface area contributed by atoms with Crippen LogP contribution in [0.4, 0.5) is 5.69 Å². The molecule has 1 N–H and O–H groups in total. The monoisotopic (exact) mass is 216 g/mol. The van der Waals surface area contributed by atoms with Crippen molar-refractivity contribution in [1.82, 2.24) is 4.90 Å². The van der Waals surface area contributed by atoms with Crippen LogP contribution in [0.15, 0.2) is 12.1 Å². The number of hydrogen-bond acceptors (Lipinski definition) is 2. The van der Waals surface area contributed by atoms with Crippen LogP contribution in [0, 0.1) is 6.92 Å². The molecule has 0 spiro atoms. The predicted molar refractivity (Wildman–Crippen MR) is 68.3 cm³/mol. The van der Waals surface area contributed by atoms with Crippen LogP contribution in [0.3, 0.4) is 0 Å². The Morgan fingerprint density at radius 3 is 2.44 bits per heavy atom. The van der Waals surface area contributed by atoms with Gasteiger partial charge in [0.05, 0.1) is 0 Å². The third kappa shape index (κ3) is 1.36. The van der Waals surface area contributed by atoms with Gasteiger partial charge in [-0.1, -0.05) is 6.07 Å². The Hall–Kier alpha value is -1.02. The maximum absolute atomic E-state index is 3.30. The lowest BCUT2D eigenvalue weighted by molar-refractivity contribution is 0.245. The second kappa shape index (κ2) is 3.49. The van der Waals surface area contributed by atoms with Gasteiger partial charge < -0.3 is 10.2 Å². The summed E-state index contributed by atoms with van der Waals surface area (Å²) in [6, 6.07) is 4.79. The molecule has 2 heteroatoms. The number of nitrogens with zero attached hydrogens (tertiary/aromatic N) is 1. The zero-order chi connectivity index (χ0) is 11.3. The third-order valence-electron chi connectivity index (χ3n) is 4.21. The van der Waals surface area contributed by atoms with Crippen molar-refractivity contribution in [3.63, 3.8) is 0 Å². The van der Waals surface area contributed by atoms with Gasteiger partial charge in [-0.3, -0.25) is 0 Å². The molecule has 16 heavy (non-hydrogen) atoms. The van der Waals surface area contributed by atoms with Gasteiger partial charge in [0, 0.05) is 25.8 Å². The number of piperidine rings is 1. The summed E-state index contributed by atoms with van der Waals surface area (Å²) in [6.07, 6.45) is 1.37. The van der Waals surface area contributed by atoms with E-state index in [-0.39, 0.29) is 0 Å². The van der Waals surface area contributed by atoms with Gasteiger partial charge >= 0.3 is 0 Å². The van der Waals surface area contributed by atoms with Gasteiger partial charge in [-0.25, -0.2) is 0 Å². The molecule has 1 saturated heterocycles. The molecule has 1 aliphatic carbocycles. The molecule has 2 bridgehead atoms. The molecule has 1 fully saturated rings. The molecule has 0 saturated carbocycles. The van der Waals surface area contributed by atoms with E-state index in [9.17, 15) is 0 Å². The summed E-state index contributed by atoms with van der Waals surface area (Å²) in [5.41, 5.74) is 5.90. The molecular formula is C14H20N2. The first kappa shape index (κ1) is 10.2. The molecule has 1 aromatic rings. The van der Waals surface area contributed by atoms with E-state index in [0.29, 0.717) is 0 Å². The normalized spacial score (nSPS) is 27.9. The largest absolute Gasteiger partial charge is 0.388 e. The van der Waals surface area contributed by atoms with Crippen molar-refractivity contribution in [1.29, 1.82) is 0 Å². The Balaban J connectivity index is 2.09. The fourth-order valence-electron chi connectivity index (χ4n) is 3.49. The smallest absolute Gasteiger partial charge is 0.0370 e. The SMILES string of the molecule is CNc1cc2c(cc1C)C1CC2CN(C)C1. The molecule has 2 nitrogen and oxygen atoms in total. The quantitative estimate of drug-likeness (QED) is 0.776. The number of nitrogens with one attached hydrogen (secondary N) is 1. The van der Waals surface area contributed by atoms with Crippen LogP contribution in [-0.4, -0.2) is 32.1 Å². The van der Waals surface area contributed by atoms with Gasteiger partial charge in [-0.05, 0) is 55.0 Å². The second-order valence-corrected chi connectivity index (χ2v) is 5.40. The zero-order valence-electron chi connectivity index (χ0n) is 10.4. The fraction of sp³-hybridized carbons (Fsp3) is 0.571. The van der Waals surface area contributed by atoms with Crippen LogP contribution in [0.5, 0.6) is 0 Å². The molecular weight excluding hydrogens is 196 g/mol. The third-order valence-corrected chi connectivity index (χ3v) is 4.21. The molecule has 1 aromatic carbocycles. The van der Waals surface area contributed by atoms with Crippen LogP contribution in [-0.2, 0) is 0 Å². The lowest BCUT2D eigenvalue weighted by atomic mass is 9.96. The van der Waals surface area contributed by atoms with E-state index in [1.165, 1.54) is 30.8 Å². The molecule has 2 unspecified atom stereocenters. The Labute approximate surface area is 97.6 Å². The van der Waals surface area contributed by atoms with E-state index in [0.717, 1.165) is 11.8 Å². The minimum absolute atomic E-state index is 0.770. The highest BCUT2D eigenvalue weighted by Crippen LogP contribution is 2.46. The number of likely N-dealkylation sites (N-methyl/N-ethyl adjacent to an activating group) is 1. The Bertz CT molecular complexity index is 425. The van der Waals surface area contributed by atoms with Crippen molar-refractivity contribution >= 4 is 5.69 Å². The lowest BCUT2D eigenvalue weighted by Crippen LogP contribution is -2.31. The van der Waals surface area contributed by atoms with Crippen molar-refractivity contribution in [2.75, 3.05) is 32.5 Å². The fourth-order valence-corrected chi connectivity index (χ4v) is 3.49. The van der Waals surface area contributed by atoms with Gasteiger partial charge in [-0.15, -0.1) is 0 Å². The van der Waals surface area contributed by atoms with Gasteiger partial charge in [-0.2, -0.15) is 0 Å². The number of hydrogen-bond donors (Lipinski definition) is 1. The number of anilines is 1. The highest BCUT2D eigenvalue weighted by Gasteiger charge is 2.36. The topological polar surface area (TPSA) is 15.3 Å². The summed E-state index contributed by atoms with van der Waals surface area (Å²) in [5.74, 6) is 1.55. The average molecular weight is 216 g/mol. The van der Waals surface area contributed by atoms with E-state index in [1.54, 1.807) is 11.1 Å². The molecule has 2 atom stereocenters. The number of aryl methyl sites for hydroxylation is 1. The second-order valence-electron chi connectivity index (χ2n) is 5.40. The number of rotatable bonds is 1. The molecule has 1 aliphatic heterocycles. The van der Waals surface area contributed by atoms with E-state index in [2.05, 4.69) is 36.3 Å². The van der Waals surface area contributed by atoms with Crippen molar-refractivity contribution < 1.29 is 0 Å². The van der Waals surface area contributed by atoms with E-state index in [1.807, 2.05) is 7.05 Å². The summed E-state index contributed by atoms with van der Waals surface area (Å²) in [7, 11) is 4.26. The van der Waals surface area contributed by atoms with E-state index < -0.39 is 0 Å². The summed E-state index contributed by atoms with van der Waals surface area (Å²) < 4.78 is 0. The summed E-state index contributed by atoms with van der Waals surface area (Å²) in [4.78, 5) is 2.48. The van der Waals surface area contributed by atoms with Crippen molar-refractivity contribution in [3.8, 4) is 0 Å². The van der Waals surface area contributed by atoms with Gasteiger partial charge in [0.25, 0.3) is 0 Å². The van der Waals surface area contributed by atoms with Crippen molar-refractivity contribution in [3.05, 3.63) is 28.8 Å². The Morgan fingerprint density at radius 2 is 1.81 bits per heavy atom. The van der Waals surface area contributed by atoms with Crippen LogP contribution < -0.4 is 5.32 Å². The highest BCUT2D eigenvalue weighted by atomic mass is 15.1. The van der Waals surface area contributed by atoms with Gasteiger partial charge in [0.15, 0.2) is 0 Å². The van der Waals surface area contributed by atoms with Crippen molar-refractivity contribution in [2.24, 2.45) is 0 Å². The Kier molecular flexibility index (Phi) is 2.21. The van der Waals surface area contributed by atoms with Crippen molar-refractivity contribution in [2.45, 2.75) is 25.2 Å². The molecule has 3 rings (SSSR count). The summed E-state index contributed by atoms with van der Waals surface area (Å²) >= 11 is 0. The lowest BCUT2D eigenvalue weighted by Gasteiger charge is -2.28. The summed E-state index contributed by atoms with van der Waals surface area (Å²) in [5, 5.41) is 3.30. The Morgan fingerprint density at radius 1 is 1.19 bits per heavy atom. The summed E-state index contributed by atoms with van der Waals surface area (Å²) in [6.45, 7) is 4.68. The van der Waals surface area contributed by atoms with E-state index in [4.69, 9.17) is 0 Å². The maximum atomic E-state index is 3.30. The zero-order valence-corrected chi connectivity index (χ0v) is 10.4. The minimum atomic E-state index is 0.770. The van der Waals surface area contributed by atoms with Crippen LogP contribution in [0.25, 0.3) is 0 Å². The van der Waals surface area contributed by atoms with Crippen LogP contribution in [0.2, 0.25) is 0 Å². The van der Waals surface area contributed by atoms with Gasteiger partial charge in [0.1, 0.15) is 0 Å². The first-order valence-corrected chi connectivity index (χ1v) is 6.19.